The SMILES string of the molecule is COc1ccc(CSc2nnc(SCC(=O)/C(C#N)=C3\Sc4ccccc4N3C)s2)cc1. The van der Waals surface area contributed by atoms with Crippen LogP contribution in [0.5, 0.6) is 5.75 Å². The highest BCUT2D eigenvalue weighted by Crippen LogP contribution is 2.46. The summed E-state index contributed by atoms with van der Waals surface area (Å²) in [6, 6.07) is 17.9. The van der Waals surface area contributed by atoms with Crippen LogP contribution >= 0.6 is 46.6 Å². The van der Waals surface area contributed by atoms with Crippen molar-refractivity contribution in [3.05, 3.63) is 64.7 Å². The zero-order valence-corrected chi connectivity index (χ0v) is 20.5. The van der Waals surface area contributed by atoms with Crippen molar-refractivity contribution in [2.45, 2.75) is 19.3 Å². The van der Waals surface area contributed by atoms with Crippen LogP contribution in [0.1, 0.15) is 5.56 Å². The van der Waals surface area contributed by atoms with Crippen molar-refractivity contribution in [2.75, 3.05) is 24.8 Å². The fraction of sp³-hybridized carbons (Fsp3) is 0.182. The first-order valence-electron chi connectivity index (χ1n) is 9.49. The molecular formula is C22H18N4O2S4. The van der Waals surface area contributed by atoms with E-state index < -0.39 is 0 Å². The maximum Gasteiger partial charge on any atom is 0.186 e. The number of ether oxygens (including phenoxy) is 1. The Bertz CT molecular complexity index is 1200. The number of allylic oxidation sites excluding steroid dienone is 1. The monoisotopic (exact) mass is 498 g/mol. The van der Waals surface area contributed by atoms with Crippen LogP contribution < -0.4 is 9.64 Å². The second kappa shape index (κ2) is 10.4. The van der Waals surface area contributed by atoms with Gasteiger partial charge in [-0.1, -0.05) is 70.9 Å². The quantitative estimate of drug-likeness (QED) is 0.228. The molecule has 10 heteroatoms. The number of aromatic nitrogens is 2. The van der Waals surface area contributed by atoms with Gasteiger partial charge in [-0.3, -0.25) is 4.79 Å². The number of fused-ring (bicyclic) bond motifs is 1. The van der Waals surface area contributed by atoms with E-state index in [2.05, 4.69) is 16.3 Å². The average molecular weight is 499 g/mol. The molecule has 0 atom stereocenters. The molecule has 162 valence electrons. The number of hydrogen-bond acceptors (Lipinski definition) is 10. The van der Waals surface area contributed by atoms with Crippen molar-refractivity contribution >= 4 is 58.1 Å². The summed E-state index contributed by atoms with van der Waals surface area (Å²) < 4.78 is 6.74. The molecule has 1 aliphatic rings. The molecule has 1 aromatic heterocycles. The summed E-state index contributed by atoms with van der Waals surface area (Å²) in [4.78, 5) is 15.7. The Labute approximate surface area is 203 Å². The Morgan fingerprint density at radius 1 is 1.12 bits per heavy atom. The molecule has 1 aliphatic heterocycles. The number of ketones is 1. The number of hydrogen-bond donors (Lipinski definition) is 0. The van der Waals surface area contributed by atoms with E-state index in [1.54, 1.807) is 18.9 Å². The third-order valence-electron chi connectivity index (χ3n) is 4.58. The maximum absolute atomic E-state index is 12.8. The highest BCUT2D eigenvalue weighted by atomic mass is 32.2. The standard InChI is InChI=1S/C22H18N4O2S4/c1-26-17-5-3-4-6-19(17)31-20(26)16(11-23)18(27)13-30-22-25-24-21(32-22)29-12-14-7-9-15(28-2)10-8-14/h3-10H,12-13H2,1-2H3/b20-16-. The van der Waals surface area contributed by atoms with Gasteiger partial charge < -0.3 is 9.64 Å². The summed E-state index contributed by atoms with van der Waals surface area (Å²) in [6.45, 7) is 0. The van der Waals surface area contributed by atoms with E-state index >= 15 is 0 Å². The fourth-order valence-corrected chi connectivity index (χ4v) is 6.94. The van der Waals surface area contributed by atoms with E-state index in [4.69, 9.17) is 4.74 Å². The number of anilines is 1. The van der Waals surface area contributed by atoms with E-state index in [0.29, 0.717) is 9.37 Å². The van der Waals surface area contributed by atoms with Gasteiger partial charge >= 0.3 is 0 Å². The van der Waals surface area contributed by atoms with Crippen molar-refractivity contribution in [1.82, 2.24) is 10.2 Å². The van der Waals surface area contributed by atoms with Gasteiger partial charge in [-0.15, -0.1) is 10.2 Å². The number of nitriles is 1. The molecule has 0 saturated carbocycles. The molecule has 6 nitrogen and oxygen atoms in total. The summed E-state index contributed by atoms with van der Waals surface area (Å²) in [5, 5.41) is 18.7. The van der Waals surface area contributed by atoms with Crippen molar-refractivity contribution in [3.63, 3.8) is 0 Å². The van der Waals surface area contributed by atoms with Crippen LogP contribution in [0, 0.1) is 11.3 Å². The number of para-hydroxylation sites is 1. The number of benzene rings is 2. The Hall–Kier alpha value is -2.45. The molecule has 0 unspecified atom stereocenters. The zero-order valence-electron chi connectivity index (χ0n) is 17.3. The van der Waals surface area contributed by atoms with Gasteiger partial charge in [0.15, 0.2) is 14.5 Å². The first-order chi connectivity index (χ1) is 15.6. The molecule has 0 N–H and O–H groups in total. The first kappa shape index (κ1) is 22.7. The Morgan fingerprint density at radius 3 is 2.53 bits per heavy atom. The summed E-state index contributed by atoms with van der Waals surface area (Å²) in [7, 11) is 3.53. The normalized spacial score (nSPS) is 14.1. The number of methoxy groups -OCH3 is 1. The molecule has 0 radical (unpaired) electrons. The summed E-state index contributed by atoms with van der Waals surface area (Å²) in [5.74, 6) is 1.55. The van der Waals surface area contributed by atoms with Crippen LogP contribution in [0.15, 0.2) is 72.7 Å². The van der Waals surface area contributed by atoms with Gasteiger partial charge in [0.2, 0.25) is 0 Å². The predicted octanol–water partition coefficient (Wildman–Crippen LogP) is 5.48. The third kappa shape index (κ3) is 5.13. The van der Waals surface area contributed by atoms with Crippen LogP contribution in [0.3, 0.4) is 0 Å². The Kier molecular flexibility index (Phi) is 7.42. The fourth-order valence-electron chi connectivity index (χ4n) is 2.93. The van der Waals surface area contributed by atoms with E-state index in [1.165, 1.54) is 40.4 Å². The van der Waals surface area contributed by atoms with Crippen LogP contribution in [-0.4, -0.2) is 35.9 Å². The molecule has 0 spiro atoms. The van der Waals surface area contributed by atoms with Gasteiger partial charge in [-0.2, -0.15) is 5.26 Å². The highest BCUT2D eigenvalue weighted by molar-refractivity contribution is 8.04. The average Bonchev–Trinajstić information content (AvgIpc) is 3.42. The molecule has 0 amide bonds. The molecule has 2 heterocycles. The lowest BCUT2D eigenvalue weighted by Gasteiger charge is -2.14. The van der Waals surface area contributed by atoms with Gasteiger partial charge in [0.25, 0.3) is 0 Å². The third-order valence-corrected chi connectivity index (χ3v) is 9.08. The summed E-state index contributed by atoms with van der Waals surface area (Å²) in [6.07, 6.45) is 0. The lowest BCUT2D eigenvalue weighted by molar-refractivity contribution is -0.112. The highest BCUT2D eigenvalue weighted by Gasteiger charge is 2.27. The number of carbonyl (C=O) groups excluding carboxylic acids is 1. The Balaban J connectivity index is 1.35. The molecule has 0 saturated heterocycles. The number of rotatable bonds is 8. The number of nitrogens with zero attached hydrogens (tertiary/aromatic N) is 4. The zero-order chi connectivity index (χ0) is 22.5. The molecule has 0 fully saturated rings. The van der Waals surface area contributed by atoms with Gasteiger partial charge in [-0.05, 0) is 29.8 Å². The van der Waals surface area contributed by atoms with Crippen LogP contribution in [-0.2, 0) is 10.5 Å². The molecule has 32 heavy (non-hydrogen) atoms. The van der Waals surface area contributed by atoms with E-state index in [1.807, 2.05) is 60.5 Å². The summed E-state index contributed by atoms with van der Waals surface area (Å²) >= 11 is 5.83. The molecule has 3 aromatic rings. The Morgan fingerprint density at radius 2 is 1.84 bits per heavy atom. The van der Waals surface area contributed by atoms with Gasteiger partial charge in [0.05, 0.1) is 18.6 Å². The van der Waals surface area contributed by atoms with Crippen LogP contribution in [0.2, 0.25) is 0 Å². The number of thioether (sulfide) groups is 3. The maximum atomic E-state index is 12.8. The molecule has 0 aliphatic carbocycles. The number of Topliss-reactive ketones (excluding diaryl/α,β-unsaturated/α-hetero) is 1. The minimum absolute atomic E-state index is 0.148. The van der Waals surface area contributed by atoms with Crippen molar-refractivity contribution < 1.29 is 9.53 Å². The second-order valence-electron chi connectivity index (χ2n) is 6.60. The smallest absolute Gasteiger partial charge is 0.186 e. The van der Waals surface area contributed by atoms with Crippen molar-refractivity contribution in [1.29, 1.82) is 5.26 Å². The molecule has 4 rings (SSSR count). The molecule has 0 bridgehead atoms. The van der Waals surface area contributed by atoms with Gasteiger partial charge in [0, 0.05) is 17.7 Å². The first-order valence-corrected chi connectivity index (χ1v) is 13.1. The number of carbonyl (C=O) groups is 1. The molecular weight excluding hydrogens is 481 g/mol. The van der Waals surface area contributed by atoms with Crippen LogP contribution in [0.4, 0.5) is 5.69 Å². The largest absolute Gasteiger partial charge is 0.497 e. The molecule has 2 aromatic carbocycles. The van der Waals surface area contributed by atoms with E-state index in [9.17, 15) is 10.1 Å². The minimum Gasteiger partial charge on any atom is -0.497 e. The predicted molar refractivity (Wildman–Crippen MR) is 132 cm³/mol. The summed E-state index contributed by atoms with van der Waals surface area (Å²) in [5.41, 5.74) is 2.35. The lowest BCUT2D eigenvalue weighted by atomic mass is 10.2. The lowest BCUT2D eigenvalue weighted by Crippen LogP contribution is -2.16. The van der Waals surface area contributed by atoms with Gasteiger partial charge in [-0.25, -0.2) is 0 Å². The minimum atomic E-state index is -0.206. The van der Waals surface area contributed by atoms with Gasteiger partial charge in [0.1, 0.15) is 22.4 Å². The topological polar surface area (TPSA) is 79.1 Å². The van der Waals surface area contributed by atoms with E-state index in [-0.39, 0.29) is 17.1 Å². The van der Waals surface area contributed by atoms with E-state index in [0.717, 1.165) is 26.4 Å². The van der Waals surface area contributed by atoms with Crippen LogP contribution in [0.25, 0.3) is 0 Å². The second-order valence-corrected chi connectivity index (χ2v) is 11.1. The van der Waals surface area contributed by atoms with Crippen molar-refractivity contribution in [3.8, 4) is 11.8 Å². The van der Waals surface area contributed by atoms with Crippen molar-refractivity contribution in [2.24, 2.45) is 0 Å².